The molecule has 1 aliphatic carbocycles. The monoisotopic (exact) mass is 366 g/mol. The third-order valence-corrected chi connectivity index (χ3v) is 4.67. The molecule has 136 valence electrons. The Morgan fingerprint density at radius 1 is 1.20 bits per heavy atom. The lowest BCUT2D eigenvalue weighted by molar-refractivity contribution is -0.137. The largest absolute Gasteiger partial charge is 0.349 e. The number of anilines is 1. The highest BCUT2D eigenvalue weighted by Crippen LogP contribution is 2.30. The molecule has 25 heavy (non-hydrogen) atoms. The second kappa shape index (κ2) is 8.29. The molecule has 3 atom stereocenters. The normalized spacial score (nSPS) is 22.8. The Hall–Kier alpha value is -2.15. The minimum atomic E-state index is -0.770. The summed E-state index contributed by atoms with van der Waals surface area (Å²) >= 11 is 5.73. The van der Waals surface area contributed by atoms with Crippen LogP contribution in [-0.2, 0) is 14.4 Å². The van der Waals surface area contributed by atoms with Gasteiger partial charge in [0.1, 0.15) is 5.82 Å². The topological polar surface area (TPSA) is 91.4 Å². The zero-order valence-electron chi connectivity index (χ0n) is 14.6. The molecule has 1 heterocycles. The Labute approximate surface area is 152 Å². The van der Waals surface area contributed by atoms with E-state index < -0.39 is 11.8 Å². The molecule has 1 aliphatic rings. The second-order valence-corrected chi connectivity index (χ2v) is 7.05. The van der Waals surface area contributed by atoms with E-state index in [9.17, 15) is 14.4 Å². The van der Waals surface area contributed by atoms with Crippen LogP contribution in [0.4, 0.5) is 5.82 Å². The first-order chi connectivity index (χ1) is 11.8. The van der Waals surface area contributed by atoms with Crippen molar-refractivity contribution >= 4 is 35.1 Å². The van der Waals surface area contributed by atoms with Gasteiger partial charge in [0.15, 0.2) is 0 Å². The molecule has 1 aromatic rings. The maximum absolute atomic E-state index is 12.1. The van der Waals surface area contributed by atoms with Crippen LogP contribution in [0.1, 0.15) is 26.2 Å². The zero-order chi connectivity index (χ0) is 18.6. The van der Waals surface area contributed by atoms with E-state index in [1.54, 1.807) is 25.1 Å². The highest BCUT2D eigenvalue weighted by molar-refractivity contribution is 6.39. The van der Waals surface area contributed by atoms with Crippen LogP contribution in [0.15, 0.2) is 18.3 Å². The Bertz CT molecular complexity index is 648. The third-order valence-electron chi connectivity index (χ3n) is 4.45. The van der Waals surface area contributed by atoms with Gasteiger partial charge in [-0.25, -0.2) is 4.98 Å². The van der Waals surface area contributed by atoms with Crippen LogP contribution < -0.4 is 10.6 Å². The maximum atomic E-state index is 12.1. The smallest absolute Gasteiger partial charge is 0.314 e. The van der Waals surface area contributed by atoms with Gasteiger partial charge >= 0.3 is 11.8 Å². The van der Waals surface area contributed by atoms with E-state index in [0.717, 1.165) is 0 Å². The van der Waals surface area contributed by atoms with Crippen LogP contribution in [0.2, 0.25) is 5.02 Å². The molecule has 0 spiro atoms. The molecule has 1 fully saturated rings. The number of carbonyl (C=O) groups is 3. The predicted octanol–water partition coefficient (Wildman–Crippen LogP) is 1.68. The van der Waals surface area contributed by atoms with Gasteiger partial charge in [-0.15, -0.1) is 0 Å². The summed E-state index contributed by atoms with van der Waals surface area (Å²) in [5.74, 6) is -1.00. The number of pyridine rings is 1. The van der Waals surface area contributed by atoms with Crippen LogP contribution in [0.5, 0.6) is 0 Å². The number of nitrogens with zero attached hydrogens (tertiary/aromatic N) is 2. The van der Waals surface area contributed by atoms with Crippen LogP contribution in [-0.4, -0.2) is 47.7 Å². The Balaban J connectivity index is 1.87. The van der Waals surface area contributed by atoms with Crippen molar-refractivity contribution in [2.75, 3.05) is 19.4 Å². The van der Waals surface area contributed by atoms with Crippen molar-refractivity contribution < 1.29 is 14.4 Å². The summed E-state index contributed by atoms with van der Waals surface area (Å²) in [4.78, 5) is 41.7. The molecule has 0 bridgehead atoms. The number of hydrogen-bond donors (Lipinski definition) is 2. The van der Waals surface area contributed by atoms with Gasteiger partial charge in [-0.2, -0.15) is 0 Å². The predicted molar refractivity (Wildman–Crippen MR) is 95.0 cm³/mol. The fourth-order valence-corrected chi connectivity index (χ4v) is 3.17. The zero-order valence-corrected chi connectivity index (χ0v) is 15.3. The fraction of sp³-hybridized carbons (Fsp3) is 0.529. The number of nitrogens with one attached hydrogen (secondary N) is 2. The Morgan fingerprint density at radius 3 is 2.48 bits per heavy atom. The number of rotatable bonds is 3. The van der Waals surface area contributed by atoms with Crippen molar-refractivity contribution in [2.24, 2.45) is 11.8 Å². The molecule has 0 saturated heterocycles. The van der Waals surface area contributed by atoms with Crippen LogP contribution >= 0.6 is 11.6 Å². The van der Waals surface area contributed by atoms with Gasteiger partial charge in [0.2, 0.25) is 5.91 Å². The number of carbonyl (C=O) groups excluding carboxylic acids is 3. The third kappa shape index (κ3) is 5.16. The molecule has 2 N–H and O–H groups in total. The summed E-state index contributed by atoms with van der Waals surface area (Å²) in [6.45, 7) is 1.98. The summed E-state index contributed by atoms with van der Waals surface area (Å²) in [5, 5.41) is 5.64. The van der Waals surface area contributed by atoms with Crippen molar-refractivity contribution in [1.29, 1.82) is 0 Å². The first-order valence-corrected chi connectivity index (χ1v) is 8.60. The van der Waals surface area contributed by atoms with Gasteiger partial charge in [0.25, 0.3) is 0 Å². The van der Waals surface area contributed by atoms with Gasteiger partial charge in [-0.05, 0) is 37.3 Å². The molecule has 0 aromatic carbocycles. The second-order valence-electron chi connectivity index (χ2n) is 6.62. The average molecular weight is 367 g/mol. The number of hydrogen-bond acceptors (Lipinski definition) is 4. The first kappa shape index (κ1) is 19.2. The fourth-order valence-electron chi connectivity index (χ4n) is 3.06. The van der Waals surface area contributed by atoms with E-state index >= 15 is 0 Å². The molecule has 1 saturated carbocycles. The number of aromatic nitrogens is 1. The van der Waals surface area contributed by atoms with Crippen LogP contribution in [0.25, 0.3) is 0 Å². The van der Waals surface area contributed by atoms with E-state index in [4.69, 9.17) is 11.6 Å². The minimum absolute atomic E-state index is 0.0229. The van der Waals surface area contributed by atoms with Gasteiger partial charge in [-0.3, -0.25) is 14.4 Å². The number of halogens is 1. The van der Waals surface area contributed by atoms with E-state index in [2.05, 4.69) is 15.6 Å². The van der Waals surface area contributed by atoms with Crippen molar-refractivity contribution in [3.8, 4) is 0 Å². The molecule has 0 unspecified atom stereocenters. The number of amides is 3. The van der Waals surface area contributed by atoms with Crippen molar-refractivity contribution in [1.82, 2.24) is 15.2 Å². The molecule has 3 amide bonds. The lowest BCUT2D eigenvalue weighted by atomic mass is 9.78. The lowest BCUT2D eigenvalue weighted by Gasteiger charge is -2.34. The summed E-state index contributed by atoms with van der Waals surface area (Å²) in [7, 11) is 3.49. The summed E-state index contributed by atoms with van der Waals surface area (Å²) < 4.78 is 0. The highest BCUT2D eigenvalue weighted by atomic mass is 35.5. The van der Waals surface area contributed by atoms with Gasteiger partial charge in [0, 0.05) is 32.3 Å². The highest BCUT2D eigenvalue weighted by Gasteiger charge is 2.33. The summed E-state index contributed by atoms with van der Waals surface area (Å²) in [6, 6.07) is 2.98. The average Bonchev–Trinajstić information content (AvgIpc) is 2.57. The molecule has 0 aliphatic heterocycles. The van der Waals surface area contributed by atoms with Gasteiger partial charge in [0.05, 0.1) is 5.02 Å². The summed E-state index contributed by atoms with van der Waals surface area (Å²) in [5.41, 5.74) is 0. The standard InChI is InChI=1S/C17H23ClN4O3/c1-10-8-11(17(25)22(2)3)4-6-13(10)20-15(23)16(24)21-14-7-5-12(18)9-19-14/h5,7,9-11,13H,4,6,8H2,1-3H3,(H,20,23)(H,19,21,24)/t10-,11+,13+/m1/s1. The SMILES string of the molecule is C[C@@H]1C[C@@H](C(=O)N(C)C)CC[C@@H]1NC(=O)C(=O)Nc1ccc(Cl)cn1. The van der Waals surface area contributed by atoms with Crippen molar-refractivity contribution in [3.05, 3.63) is 23.4 Å². The first-order valence-electron chi connectivity index (χ1n) is 8.22. The molecule has 1 aromatic heterocycles. The van der Waals surface area contributed by atoms with E-state index in [0.29, 0.717) is 24.3 Å². The summed E-state index contributed by atoms with van der Waals surface area (Å²) in [6.07, 6.45) is 3.46. The van der Waals surface area contributed by atoms with Crippen LogP contribution in [0, 0.1) is 11.8 Å². The molecule has 8 heteroatoms. The van der Waals surface area contributed by atoms with E-state index in [1.807, 2.05) is 6.92 Å². The Morgan fingerprint density at radius 2 is 1.92 bits per heavy atom. The molecule has 0 radical (unpaired) electrons. The van der Waals surface area contributed by atoms with Gasteiger partial charge in [-0.1, -0.05) is 18.5 Å². The van der Waals surface area contributed by atoms with Gasteiger partial charge < -0.3 is 15.5 Å². The quantitative estimate of drug-likeness (QED) is 0.796. The maximum Gasteiger partial charge on any atom is 0.314 e. The molecular weight excluding hydrogens is 344 g/mol. The van der Waals surface area contributed by atoms with Crippen molar-refractivity contribution in [2.45, 2.75) is 32.2 Å². The molecule has 7 nitrogen and oxygen atoms in total. The van der Waals surface area contributed by atoms with Crippen molar-refractivity contribution in [3.63, 3.8) is 0 Å². The van der Waals surface area contributed by atoms with E-state index in [-0.39, 0.29) is 29.6 Å². The molecular formula is C17H23ClN4O3. The lowest BCUT2D eigenvalue weighted by Crippen LogP contribution is -2.48. The minimum Gasteiger partial charge on any atom is -0.349 e. The molecule has 2 rings (SSSR count). The van der Waals surface area contributed by atoms with Crippen LogP contribution in [0.3, 0.4) is 0 Å². The Kier molecular flexibility index (Phi) is 6.36. The van der Waals surface area contributed by atoms with E-state index in [1.165, 1.54) is 12.3 Å².